The number of hydrogen-bond donors (Lipinski definition) is 3. The molecule has 1 saturated heterocycles. The van der Waals surface area contributed by atoms with Crippen LogP contribution in [0.15, 0.2) is 59.2 Å². The lowest BCUT2D eigenvalue weighted by atomic mass is 9.72. The molecule has 2 fully saturated rings. The second-order valence-corrected chi connectivity index (χ2v) is 10.8. The van der Waals surface area contributed by atoms with E-state index in [1.54, 1.807) is 43.6 Å². The number of nitrogens with two attached hydrogens (primary N) is 2. The summed E-state index contributed by atoms with van der Waals surface area (Å²) < 4.78 is 11.8. The molecule has 1 aromatic carbocycles. The number of rotatable bonds is 8. The van der Waals surface area contributed by atoms with E-state index in [9.17, 15) is 14.4 Å². The van der Waals surface area contributed by atoms with Crippen LogP contribution in [0.4, 0.5) is 5.82 Å². The van der Waals surface area contributed by atoms with E-state index in [1.165, 1.54) is 0 Å². The number of hydrogen-bond acceptors (Lipinski definition) is 8. The number of nitrogens with zero attached hydrogens (tertiary/aromatic N) is 2. The number of Topliss-reactive ketones (excluding diaryl/α,β-unsaturated/α-hetero) is 2. The van der Waals surface area contributed by atoms with Crippen molar-refractivity contribution < 1.29 is 23.9 Å². The maximum Gasteiger partial charge on any atom is 0.350 e. The zero-order valence-corrected chi connectivity index (χ0v) is 22.8. The number of aromatic nitrogens is 1. The second-order valence-electron chi connectivity index (χ2n) is 10.8. The van der Waals surface area contributed by atoms with Crippen molar-refractivity contribution in [3.8, 4) is 0 Å². The maximum absolute atomic E-state index is 13.8. The van der Waals surface area contributed by atoms with Crippen molar-refractivity contribution in [2.75, 3.05) is 12.8 Å². The lowest BCUT2D eigenvalue weighted by molar-refractivity contribution is -0.155. The fourth-order valence-electron chi connectivity index (χ4n) is 5.85. The van der Waals surface area contributed by atoms with Gasteiger partial charge in [0, 0.05) is 30.8 Å². The third kappa shape index (κ3) is 4.77. The molecule has 5 rings (SSSR count). The molecule has 0 bridgehead atoms. The molecular formula is C30H35N5O5. The van der Waals surface area contributed by atoms with Gasteiger partial charge in [0.25, 0.3) is 5.60 Å². The SMILES string of the molecule is CN=C(N)N[C@@H](C/C(C)=C/C[C@@]12O[C@]1(C(=O)OC1CCCCC1)C(=O)c1ccccc1C2=O)c1ccnc(N)c1. The number of ketones is 2. The summed E-state index contributed by atoms with van der Waals surface area (Å²) in [6, 6.07) is 9.84. The normalized spacial score (nSPS) is 25.6. The Morgan fingerprint density at radius 2 is 1.90 bits per heavy atom. The van der Waals surface area contributed by atoms with Crippen molar-refractivity contribution in [1.82, 2.24) is 10.3 Å². The molecule has 1 aliphatic heterocycles. The van der Waals surface area contributed by atoms with E-state index in [1.807, 2.05) is 19.1 Å². The van der Waals surface area contributed by atoms with E-state index < -0.39 is 23.0 Å². The predicted molar refractivity (Wildman–Crippen MR) is 150 cm³/mol. The van der Waals surface area contributed by atoms with Crippen molar-refractivity contribution in [2.45, 2.75) is 75.2 Å². The molecule has 3 atom stereocenters. The average molecular weight is 546 g/mol. The van der Waals surface area contributed by atoms with Crippen LogP contribution in [-0.2, 0) is 14.3 Å². The van der Waals surface area contributed by atoms with E-state index in [4.69, 9.17) is 20.9 Å². The minimum absolute atomic E-state index is 0.0417. The van der Waals surface area contributed by atoms with Crippen LogP contribution >= 0.6 is 0 Å². The minimum Gasteiger partial charge on any atom is -0.460 e. The van der Waals surface area contributed by atoms with Crippen molar-refractivity contribution in [3.05, 3.63) is 70.9 Å². The summed E-state index contributed by atoms with van der Waals surface area (Å²) in [7, 11) is 1.59. The van der Waals surface area contributed by atoms with E-state index >= 15 is 0 Å². The first-order valence-corrected chi connectivity index (χ1v) is 13.7. The number of anilines is 1. The van der Waals surface area contributed by atoms with Crippen molar-refractivity contribution in [2.24, 2.45) is 10.7 Å². The molecule has 210 valence electrons. The minimum atomic E-state index is -1.97. The summed E-state index contributed by atoms with van der Waals surface area (Å²) in [5, 5.41) is 3.18. The number of fused-ring (bicyclic) bond motifs is 2. The van der Waals surface area contributed by atoms with Gasteiger partial charge in [-0.1, -0.05) is 42.3 Å². The fourth-order valence-corrected chi connectivity index (χ4v) is 5.85. The standard InChI is InChI=1S/C30H35N5O5/c1-18(16-23(35-28(32)33-2)19-13-15-34-24(31)17-19)12-14-29-25(36)21-10-6-7-11-22(21)26(37)30(29,40-29)27(38)39-20-8-4-3-5-9-20/h6-7,10-13,15,17,20,23H,3-5,8-9,14,16H2,1-2H3,(H2,31,34)(H3,32,33,35)/b18-12+/t23-,29-,30-/m0/s1. The van der Waals surface area contributed by atoms with Gasteiger partial charge in [0.1, 0.15) is 11.9 Å². The largest absolute Gasteiger partial charge is 0.460 e. The summed E-state index contributed by atoms with van der Waals surface area (Å²) in [6.07, 6.45) is 8.19. The van der Waals surface area contributed by atoms with Gasteiger partial charge in [0.15, 0.2) is 17.3 Å². The molecule has 2 aliphatic carbocycles. The van der Waals surface area contributed by atoms with Gasteiger partial charge >= 0.3 is 5.97 Å². The smallest absolute Gasteiger partial charge is 0.350 e. The van der Waals surface area contributed by atoms with Crippen molar-refractivity contribution in [1.29, 1.82) is 0 Å². The number of guanidine groups is 1. The molecule has 0 spiro atoms. The molecule has 0 amide bonds. The molecule has 1 saturated carbocycles. The summed E-state index contributed by atoms with van der Waals surface area (Å²) in [6.45, 7) is 1.91. The number of carbonyl (C=O) groups excluding carboxylic acids is 3. The zero-order chi connectivity index (χ0) is 28.5. The molecule has 40 heavy (non-hydrogen) atoms. The van der Waals surface area contributed by atoms with E-state index in [0.717, 1.165) is 43.2 Å². The molecular weight excluding hydrogens is 510 g/mol. The quantitative estimate of drug-likeness (QED) is 0.113. The summed E-state index contributed by atoms with van der Waals surface area (Å²) in [5.41, 5.74) is 10.5. The first-order chi connectivity index (χ1) is 19.2. The molecule has 5 N–H and O–H groups in total. The summed E-state index contributed by atoms with van der Waals surface area (Å²) >= 11 is 0. The summed E-state index contributed by atoms with van der Waals surface area (Å²) in [5.74, 6) is -1.04. The Labute approximate surface area is 233 Å². The molecule has 0 radical (unpaired) electrons. The Morgan fingerprint density at radius 1 is 1.20 bits per heavy atom. The Bertz CT molecular complexity index is 1400. The van der Waals surface area contributed by atoms with Crippen LogP contribution in [0.25, 0.3) is 0 Å². The van der Waals surface area contributed by atoms with Crippen LogP contribution in [0.1, 0.15) is 84.2 Å². The second kappa shape index (κ2) is 10.8. The number of epoxide rings is 1. The molecule has 1 aromatic heterocycles. The highest BCUT2D eigenvalue weighted by Gasteiger charge is 2.85. The van der Waals surface area contributed by atoms with Crippen LogP contribution in [0, 0.1) is 0 Å². The lowest BCUT2D eigenvalue weighted by Crippen LogP contribution is -2.51. The molecule has 2 aromatic rings. The van der Waals surface area contributed by atoms with Gasteiger partial charge in [0.05, 0.1) is 6.04 Å². The number of esters is 1. The molecule has 3 aliphatic rings. The Kier molecular flexibility index (Phi) is 7.46. The number of aliphatic imine (C=N–C) groups is 1. The number of pyridine rings is 1. The monoisotopic (exact) mass is 545 g/mol. The van der Waals surface area contributed by atoms with E-state index in [2.05, 4.69) is 15.3 Å². The first kappa shape index (κ1) is 27.5. The average Bonchev–Trinajstić information content (AvgIpc) is 3.67. The highest BCUT2D eigenvalue weighted by molar-refractivity contribution is 6.32. The third-order valence-electron chi connectivity index (χ3n) is 8.11. The highest BCUT2D eigenvalue weighted by atomic mass is 16.7. The van der Waals surface area contributed by atoms with Gasteiger partial charge in [-0.05, 0) is 56.7 Å². The van der Waals surface area contributed by atoms with Gasteiger partial charge in [-0.3, -0.25) is 14.6 Å². The first-order valence-electron chi connectivity index (χ1n) is 13.7. The Hall–Kier alpha value is -4.05. The van der Waals surface area contributed by atoms with Gasteiger partial charge in [-0.2, -0.15) is 0 Å². The third-order valence-corrected chi connectivity index (χ3v) is 8.11. The van der Waals surface area contributed by atoms with Crippen LogP contribution in [0.3, 0.4) is 0 Å². The maximum atomic E-state index is 13.8. The van der Waals surface area contributed by atoms with Crippen LogP contribution < -0.4 is 16.8 Å². The number of ether oxygens (including phenoxy) is 2. The van der Waals surface area contributed by atoms with E-state index in [-0.39, 0.29) is 41.4 Å². The van der Waals surface area contributed by atoms with Gasteiger partial charge in [-0.25, -0.2) is 9.78 Å². The molecule has 10 nitrogen and oxygen atoms in total. The predicted octanol–water partition coefficient (Wildman–Crippen LogP) is 3.43. The number of carbonyl (C=O) groups is 3. The summed E-state index contributed by atoms with van der Waals surface area (Å²) in [4.78, 5) is 49.2. The Morgan fingerprint density at radius 3 is 2.58 bits per heavy atom. The van der Waals surface area contributed by atoms with Gasteiger partial charge in [0.2, 0.25) is 5.78 Å². The number of nitrogen functional groups attached to an aromatic ring is 1. The van der Waals surface area contributed by atoms with E-state index in [0.29, 0.717) is 12.2 Å². The molecule has 2 heterocycles. The topological polar surface area (TPSA) is 162 Å². The van der Waals surface area contributed by atoms with Gasteiger partial charge < -0.3 is 26.3 Å². The fraction of sp³-hybridized carbons (Fsp3) is 0.433. The highest BCUT2D eigenvalue weighted by Crippen LogP contribution is 2.58. The number of benzene rings is 1. The zero-order valence-electron chi connectivity index (χ0n) is 22.8. The lowest BCUT2D eigenvalue weighted by Gasteiger charge is -2.27. The van der Waals surface area contributed by atoms with Crippen molar-refractivity contribution in [3.63, 3.8) is 0 Å². The Balaban J connectivity index is 1.43. The molecule has 0 unspecified atom stereocenters. The van der Waals surface area contributed by atoms with Crippen LogP contribution in [0.2, 0.25) is 0 Å². The van der Waals surface area contributed by atoms with Gasteiger partial charge in [-0.15, -0.1) is 0 Å². The molecule has 10 heteroatoms. The van der Waals surface area contributed by atoms with Crippen LogP contribution in [-0.4, -0.2) is 52.8 Å². The van der Waals surface area contributed by atoms with Crippen LogP contribution in [0.5, 0.6) is 0 Å². The van der Waals surface area contributed by atoms with Crippen molar-refractivity contribution >= 4 is 29.3 Å². The number of nitrogens with one attached hydrogen (secondary N) is 1.